The standard InChI is InChI=1S/C30H29N3OS/c1-3-32-26-11-7-8-12-27(26)35-28(32)18-21-13-14-22-15-16-23(19-24(22)17-21)29-20(2)31-33(30(29)34)25-9-5-4-6-10-25/h4-12,17-19,22H,3,13-16H2,1-2H3. The molecule has 0 fully saturated rings. The van der Waals surface area contributed by atoms with Crippen molar-refractivity contribution in [3.8, 4) is 0 Å². The third-order valence-corrected chi connectivity index (χ3v) is 8.42. The van der Waals surface area contributed by atoms with Gasteiger partial charge in [0.2, 0.25) is 0 Å². The predicted octanol–water partition coefficient (Wildman–Crippen LogP) is 7.24. The van der Waals surface area contributed by atoms with Crippen molar-refractivity contribution >= 4 is 34.8 Å². The normalized spacial score (nSPS) is 24.9. The van der Waals surface area contributed by atoms with E-state index in [0.29, 0.717) is 5.92 Å². The van der Waals surface area contributed by atoms with Crippen molar-refractivity contribution in [1.82, 2.24) is 0 Å². The Balaban J connectivity index is 1.31. The van der Waals surface area contributed by atoms with Crippen LogP contribution in [0.15, 0.2) is 110 Å². The van der Waals surface area contributed by atoms with Crippen molar-refractivity contribution in [3.05, 3.63) is 100 Å². The number of fused-ring (bicyclic) bond motifs is 2. The molecule has 0 N–H and O–H groups in total. The first-order valence-electron chi connectivity index (χ1n) is 12.5. The van der Waals surface area contributed by atoms with E-state index in [0.717, 1.165) is 48.4 Å². The van der Waals surface area contributed by atoms with E-state index in [9.17, 15) is 4.79 Å². The third-order valence-electron chi connectivity index (χ3n) is 7.31. The third kappa shape index (κ3) is 3.98. The lowest BCUT2D eigenvalue weighted by molar-refractivity contribution is -0.114. The van der Waals surface area contributed by atoms with Crippen LogP contribution >= 0.6 is 11.8 Å². The van der Waals surface area contributed by atoms with Gasteiger partial charge in [-0.05, 0) is 92.5 Å². The number of benzene rings is 2. The second-order valence-corrected chi connectivity index (χ2v) is 10.5. The van der Waals surface area contributed by atoms with E-state index in [1.165, 1.54) is 33.2 Å². The molecule has 2 aliphatic carbocycles. The van der Waals surface area contributed by atoms with Crippen LogP contribution in [0.1, 0.15) is 39.5 Å². The molecule has 176 valence electrons. The lowest BCUT2D eigenvalue weighted by Gasteiger charge is -2.29. The molecule has 4 nitrogen and oxygen atoms in total. The molecule has 2 aromatic rings. The van der Waals surface area contributed by atoms with E-state index >= 15 is 0 Å². The smallest absolute Gasteiger partial charge is 0.280 e. The van der Waals surface area contributed by atoms with Gasteiger partial charge in [-0.2, -0.15) is 10.1 Å². The Labute approximate surface area is 211 Å². The monoisotopic (exact) mass is 479 g/mol. The Morgan fingerprint density at radius 1 is 1.03 bits per heavy atom. The zero-order valence-electron chi connectivity index (χ0n) is 20.2. The predicted molar refractivity (Wildman–Crippen MR) is 146 cm³/mol. The number of hydrogen-bond acceptors (Lipinski definition) is 4. The highest BCUT2D eigenvalue weighted by atomic mass is 32.2. The first-order valence-corrected chi connectivity index (χ1v) is 13.3. The molecule has 5 heteroatoms. The van der Waals surface area contributed by atoms with Gasteiger partial charge in [0.25, 0.3) is 5.91 Å². The molecule has 35 heavy (non-hydrogen) atoms. The molecule has 0 saturated heterocycles. The summed E-state index contributed by atoms with van der Waals surface area (Å²) >= 11 is 1.86. The lowest BCUT2D eigenvalue weighted by atomic mass is 9.76. The van der Waals surface area contributed by atoms with Gasteiger partial charge >= 0.3 is 0 Å². The molecule has 0 aromatic heterocycles. The van der Waals surface area contributed by atoms with Crippen LogP contribution in [0, 0.1) is 5.92 Å². The number of anilines is 2. The number of carbonyl (C=O) groups is 1. The van der Waals surface area contributed by atoms with E-state index < -0.39 is 0 Å². The van der Waals surface area contributed by atoms with Crippen LogP contribution in [0.25, 0.3) is 0 Å². The van der Waals surface area contributed by atoms with Crippen LogP contribution in [0.3, 0.4) is 0 Å². The first-order chi connectivity index (χ1) is 17.1. The molecule has 1 amide bonds. The van der Waals surface area contributed by atoms with E-state index in [1.807, 2.05) is 49.0 Å². The number of allylic oxidation sites excluding steroid dienone is 6. The summed E-state index contributed by atoms with van der Waals surface area (Å²) in [6.07, 6.45) is 11.3. The molecule has 1 atom stereocenters. The minimum absolute atomic E-state index is 0.0140. The number of carbonyl (C=O) groups excluding carboxylic acids is 1. The molecule has 2 heterocycles. The van der Waals surface area contributed by atoms with Gasteiger partial charge in [0.15, 0.2) is 0 Å². The Bertz CT molecular complexity index is 1350. The van der Waals surface area contributed by atoms with Crippen molar-refractivity contribution < 1.29 is 4.79 Å². The van der Waals surface area contributed by atoms with Crippen LogP contribution in [-0.4, -0.2) is 18.2 Å². The summed E-state index contributed by atoms with van der Waals surface area (Å²) < 4.78 is 0. The molecule has 0 radical (unpaired) electrons. The second kappa shape index (κ2) is 9.04. The van der Waals surface area contributed by atoms with Gasteiger partial charge in [0, 0.05) is 11.4 Å². The summed E-state index contributed by atoms with van der Waals surface area (Å²) in [6, 6.07) is 18.3. The maximum Gasteiger partial charge on any atom is 0.280 e. The molecule has 0 bridgehead atoms. The van der Waals surface area contributed by atoms with Crippen LogP contribution in [-0.2, 0) is 4.79 Å². The Morgan fingerprint density at radius 3 is 2.63 bits per heavy atom. The highest BCUT2D eigenvalue weighted by molar-refractivity contribution is 8.03. The number of rotatable bonds is 3. The molecule has 2 aliphatic heterocycles. The minimum atomic E-state index is -0.0140. The average molecular weight is 480 g/mol. The van der Waals surface area contributed by atoms with Crippen LogP contribution in [0.5, 0.6) is 0 Å². The summed E-state index contributed by atoms with van der Waals surface area (Å²) in [5, 5.41) is 7.45. The molecule has 2 aromatic carbocycles. The van der Waals surface area contributed by atoms with Crippen LogP contribution in [0.2, 0.25) is 0 Å². The fraction of sp³-hybridized carbons (Fsp3) is 0.267. The molecule has 4 aliphatic rings. The Hall–Kier alpha value is -3.31. The van der Waals surface area contributed by atoms with Gasteiger partial charge < -0.3 is 4.90 Å². The van der Waals surface area contributed by atoms with E-state index in [4.69, 9.17) is 0 Å². The molecule has 0 spiro atoms. The summed E-state index contributed by atoms with van der Waals surface area (Å²) in [4.78, 5) is 17.1. The van der Waals surface area contributed by atoms with Crippen molar-refractivity contribution in [2.24, 2.45) is 11.0 Å². The fourth-order valence-electron chi connectivity index (χ4n) is 5.56. The number of hydrogen-bond donors (Lipinski definition) is 0. The summed E-state index contributed by atoms with van der Waals surface area (Å²) in [6.45, 7) is 5.13. The van der Waals surface area contributed by atoms with E-state index in [2.05, 4.69) is 59.4 Å². The zero-order valence-corrected chi connectivity index (χ0v) is 21.0. The summed E-state index contributed by atoms with van der Waals surface area (Å²) in [5.41, 5.74) is 7.57. The number of hydrazone groups is 1. The van der Waals surface area contributed by atoms with Crippen molar-refractivity contribution in [2.75, 3.05) is 16.5 Å². The molecule has 1 unspecified atom stereocenters. The lowest BCUT2D eigenvalue weighted by Crippen LogP contribution is -2.23. The molecule has 0 saturated carbocycles. The number of para-hydroxylation sites is 2. The van der Waals surface area contributed by atoms with Gasteiger partial charge in [-0.1, -0.05) is 54.2 Å². The maximum absolute atomic E-state index is 13.3. The SMILES string of the molecule is CCN1C(=CC2=CC3=CC(=C4C(=O)N(c5ccccc5)N=C4C)CCC3CC2)Sc2ccccc21. The Kier molecular flexibility index (Phi) is 5.73. The quantitative estimate of drug-likeness (QED) is 0.436. The second-order valence-electron chi connectivity index (χ2n) is 9.47. The topological polar surface area (TPSA) is 35.9 Å². The fourth-order valence-corrected chi connectivity index (χ4v) is 6.76. The van der Waals surface area contributed by atoms with Gasteiger partial charge in [0.05, 0.1) is 27.7 Å². The highest BCUT2D eigenvalue weighted by Crippen LogP contribution is 2.47. The van der Waals surface area contributed by atoms with Crippen molar-refractivity contribution in [1.29, 1.82) is 0 Å². The zero-order chi connectivity index (χ0) is 23.9. The molecule has 6 rings (SSSR count). The van der Waals surface area contributed by atoms with E-state index in [-0.39, 0.29) is 5.91 Å². The minimum Gasteiger partial charge on any atom is -0.335 e. The van der Waals surface area contributed by atoms with E-state index in [1.54, 1.807) is 5.01 Å². The molecular weight excluding hydrogens is 450 g/mol. The Morgan fingerprint density at radius 2 is 1.80 bits per heavy atom. The van der Waals surface area contributed by atoms with Gasteiger partial charge in [-0.3, -0.25) is 4.79 Å². The number of amides is 1. The maximum atomic E-state index is 13.3. The summed E-state index contributed by atoms with van der Waals surface area (Å²) in [7, 11) is 0. The van der Waals surface area contributed by atoms with Crippen molar-refractivity contribution in [3.63, 3.8) is 0 Å². The van der Waals surface area contributed by atoms with Gasteiger partial charge in [-0.25, -0.2) is 0 Å². The largest absolute Gasteiger partial charge is 0.335 e. The molecular formula is C30H29N3OS. The van der Waals surface area contributed by atoms with Crippen LogP contribution < -0.4 is 9.91 Å². The van der Waals surface area contributed by atoms with Gasteiger partial charge in [0.1, 0.15) is 0 Å². The highest BCUT2D eigenvalue weighted by Gasteiger charge is 2.33. The van der Waals surface area contributed by atoms with Crippen molar-refractivity contribution in [2.45, 2.75) is 44.4 Å². The first kappa shape index (κ1) is 22.2. The number of nitrogens with zero attached hydrogens (tertiary/aromatic N) is 3. The van der Waals surface area contributed by atoms with Crippen LogP contribution in [0.4, 0.5) is 11.4 Å². The summed E-state index contributed by atoms with van der Waals surface area (Å²) in [5.74, 6) is 0.566. The number of thioether (sulfide) groups is 1. The average Bonchev–Trinajstić information content (AvgIpc) is 3.39. The van der Waals surface area contributed by atoms with Gasteiger partial charge in [-0.15, -0.1) is 0 Å².